The lowest BCUT2D eigenvalue weighted by Crippen LogP contribution is -2.01. The molecule has 0 aliphatic heterocycles. The smallest absolute Gasteiger partial charge is 0.118 e. The van der Waals surface area contributed by atoms with Gasteiger partial charge in [-0.1, -0.05) is 42.5 Å². The molecule has 3 atom stereocenters. The Balaban J connectivity index is 1.70. The highest BCUT2D eigenvalue weighted by atomic mass is 16.5. The number of aliphatic hydroxyl groups excluding tert-OH is 1. The third kappa shape index (κ3) is 2.49. The number of aliphatic hydroxyl groups is 1. The van der Waals surface area contributed by atoms with Gasteiger partial charge < -0.3 is 9.84 Å². The molecule has 1 saturated carbocycles. The predicted molar refractivity (Wildman–Crippen MR) is 75.2 cm³/mol. The van der Waals surface area contributed by atoms with Crippen molar-refractivity contribution in [3.63, 3.8) is 0 Å². The normalized spacial score (nSPS) is 22.8. The number of methoxy groups -OCH3 is 1. The molecule has 0 bridgehead atoms. The van der Waals surface area contributed by atoms with Gasteiger partial charge in [-0.3, -0.25) is 0 Å². The van der Waals surface area contributed by atoms with Crippen molar-refractivity contribution in [3.05, 3.63) is 65.7 Å². The highest BCUT2D eigenvalue weighted by Gasteiger charge is 2.43. The van der Waals surface area contributed by atoms with Crippen LogP contribution in [0.25, 0.3) is 0 Å². The van der Waals surface area contributed by atoms with E-state index in [0.29, 0.717) is 11.8 Å². The topological polar surface area (TPSA) is 29.5 Å². The van der Waals surface area contributed by atoms with E-state index in [1.807, 2.05) is 30.3 Å². The second-order valence-corrected chi connectivity index (χ2v) is 5.13. The van der Waals surface area contributed by atoms with Crippen LogP contribution >= 0.6 is 0 Å². The molecule has 19 heavy (non-hydrogen) atoms. The molecule has 2 heteroatoms. The standard InChI is InChI=1S/C17H18O2/c1-19-14-9-7-13(8-10-14)17(18)16-11-15(16)12-5-3-2-4-6-12/h2-10,15-18H,11H2,1H3/t15-,16+,17?/m0/s1. The van der Waals surface area contributed by atoms with Crippen molar-refractivity contribution in [1.82, 2.24) is 0 Å². The van der Waals surface area contributed by atoms with E-state index in [1.54, 1.807) is 7.11 Å². The lowest BCUT2D eigenvalue weighted by molar-refractivity contribution is 0.151. The van der Waals surface area contributed by atoms with Crippen molar-refractivity contribution in [2.75, 3.05) is 7.11 Å². The molecule has 2 aromatic rings. The summed E-state index contributed by atoms with van der Waals surface area (Å²) in [6.45, 7) is 0. The van der Waals surface area contributed by atoms with Gasteiger partial charge in [-0.05, 0) is 41.5 Å². The van der Waals surface area contributed by atoms with Crippen LogP contribution in [0.5, 0.6) is 5.75 Å². The molecule has 98 valence electrons. The van der Waals surface area contributed by atoms with Crippen LogP contribution in [0.3, 0.4) is 0 Å². The van der Waals surface area contributed by atoms with Gasteiger partial charge in [0.25, 0.3) is 0 Å². The summed E-state index contributed by atoms with van der Waals surface area (Å²) in [6, 6.07) is 18.1. The van der Waals surface area contributed by atoms with E-state index in [1.165, 1.54) is 5.56 Å². The number of hydrogen-bond acceptors (Lipinski definition) is 2. The first-order chi connectivity index (χ1) is 9.29. The van der Waals surface area contributed by atoms with Crippen LogP contribution in [0.1, 0.15) is 29.6 Å². The van der Waals surface area contributed by atoms with E-state index in [9.17, 15) is 5.11 Å². The molecule has 0 amide bonds. The second-order valence-electron chi connectivity index (χ2n) is 5.13. The maximum Gasteiger partial charge on any atom is 0.118 e. The van der Waals surface area contributed by atoms with Gasteiger partial charge in [0.15, 0.2) is 0 Å². The van der Waals surface area contributed by atoms with Gasteiger partial charge in [0, 0.05) is 0 Å². The molecule has 0 radical (unpaired) electrons. The Morgan fingerprint density at radius 1 is 1.05 bits per heavy atom. The fraction of sp³-hybridized carbons (Fsp3) is 0.294. The molecule has 1 N–H and O–H groups in total. The number of hydrogen-bond donors (Lipinski definition) is 1. The van der Waals surface area contributed by atoms with Crippen molar-refractivity contribution < 1.29 is 9.84 Å². The van der Waals surface area contributed by atoms with Crippen molar-refractivity contribution >= 4 is 0 Å². The molecule has 1 aliphatic carbocycles. The van der Waals surface area contributed by atoms with Crippen molar-refractivity contribution in [2.45, 2.75) is 18.4 Å². The van der Waals surface area contributed by atoms with E-state index >= 15 is 0 Å². The molecule has 1 fully saturated rings. The third-order valence-corrected chi connectivity index (χ3v) is 3.93. The molecular formula is C17H18O2. The summed E-state index contributed by atoms with van der Waals surface area (Å²) in [5, 5.41) is 10.4. The molecule has 1 unspecified atom stereocenters. The Bertz CT molecular complexity index is 533. The lowest BCUT2D eigenvalue weighted by Gasteiger charge is -2.11. The number of benzene rings is 2. The van der Waals surface area contributed by atoms with Crippen LogP contribution in [-0.2, 0) is 0 Å². The first kappa shape index (κ1) is 12.2. The molecule has 0 saturated heterocycles. The van der Waals surface area contributed by atoms with Crippen LogP contribution in [0.2, 0.25) is 0 Å². The SMILES string of the molecule is COc1ccc(C(O)[C@@H]2C[C@H]2c2ccccc2)cc1. The van der Waals surface area contributed by atoms with Crippen molar-refractivity contribution in [3.8, 4) is 5.75 Å². The van der Waals surface area contributed by atoms with E-state index in [2.05, 4.69) is 24.3 Å². The van der Waals surface area contributed by atoms with E-state index in [-0.39, 0.29) is 6.10 Å². The Kier molecular flexibility index (Phi) is 3.26. The van der Waals surface area contributed by atoms with Crippen LogP contribution in [0.4, 0.5) is 0 Å². The molecule has 1 aliphatic rings. The van der Waals surface area contributed by atoms with Crippen LogP contribution in [0.15, 0.2) is 54.6 Å². The summed E-state index contributed by atoms with van der Waals surface area (Å²) >= 11 is 0. The van der Waals surface area contributed by atoms with Crippen molar-refractivity contribution in [2.24, 2.45) is 5.92 Å². The quantitative estimate of drug-likeness (QED) is 0.904. The zero-order valence-corrected chi connectivity index (χ0v) is 11.0. The summed E-state index contributed by atoms with van der Waals surface area (Å²) in [5.74, 6) is 1.67. The molecule has 0 heterocycles. The minimum atomic E-state index is -0.379. The average molecular weight is 254 g/mol. The van der Waals surface area contributed by atoms with E-state index in [0.717, 1.165) is 17.7 Å². The van der Waals surface area contributed by atoms with Gasteiger partial charge in [0.2, 0.25) is 0 Å². The van der Waals surface area contributed by atoms with Gasteiger partial charge in [0.05, 0.1) is 13.2 Å². The fourth-order valence-electron chi connectivity index (χ4n) is 2.70. The summed E-state index contributed by atoms with van der Waals surface area (Å²) in [6.07, 6.45) is 0.688. The van der Waals surface area contributed by atoms with E-state index < -0.39 is 0 Å². The minimum absolute atomic E-state index is 0.343. The maximum absolute atomic E-state index is 10.4. The van der Waals surface area contributed by atoms with E-state index in [4.69, 9.17) is 4.74 Å². The summed E-state index contributed by atoms with van der Waals surface area (Å²) < 4.78 is 5.13. The zero-order valence-electron chi connectivity index (χ0n) is 11.0. The molecule has 0 aromatic heterocycles. The molecule has 2 nitrogen and oxygen atoms in total. The van der Waals surface area contributed by atoms with Gasteiger partial charge in [-0.2, -0.15) is 0 Å². The number of ether oxygens (including phenoxy) is 1. The lowest BCUT2D eigenvalue weighted by atomic mass is 10.0. The summed E-state index contributed by atoms with van der Waals surface area (Å²) in [7, 11) is 1.65. The molecule has 0 spiro atoms. The molecule has 3 rings (SSSR count). The predicted octanol–water partition coefficient (Wildman–Crippen LogP) is 3.53. The Hall–Kier alpha value is -1.80. The largest absolute Gasteiger partial charge is 0.497 e. The van der Waals surface area contributed by atoms with Crippen LogP contribution < -0.4 is 4.74 Å². The van der Waals surface area contributed by atoms with Gasteiger partial charge >= 0.3 is 0 Å². The minimum Gasteiger partial charge on any atom is -0.497 e. The number of rotatable bonds is 4. The molecule has 2 aromatic carbocycles. The van der Waals surface area contributed by atoms with Crippen LogP contribution in [0, 0.1) is 5.92 Å². The van der Waals surface area contributed by atoms with Crippen molar-refractivity contribution in [1.29, 1.82) is 0 Å². The second kappa shape index (κ2) is 5.06. The fourth-order valence-corrected chi connectivity index (χ4v) is 2.70. The summed E-state index contributed by atoms with van der Waals surface area (Å²) in [4.78, 5) is 0. The van der Waals surface area contributed by atoms with Gasteiger partial charge in [-0.15, -0.1) is 0 Å². The Morgan fingerprint density at radius 2 is 1.74 bits per heavy atom. The van der Waals surface area contributed by atoms with Gasteiger partial charge in [-0.25, -0.2) is 0 Å². The zero-order chi connectivity index (χ0) is 13.2. The first-order valence-electron chi connectivity index (χ1n) is 6.66. The molecular weight excluding hydrogens is 236 g/mol. The Morgan fingerprint density at radius 3 is 2.37 bits per heavy atom. The maximum atomic E-state index is 10.4. The van der Waals surface area contributed by atoms with Gasteiger partial charge in [0.1, 0.15) is 5.75 Å². The first-order valence-corrected chi connectivity index (χ1v) is 6.66. The highest BCUT2D eigenvalue weighted by molar-refractivity contribution is 5.32. The monoisotopic (exact) mass is 254 g/mol. The Labute approximate surface area is 113 Å². The van der Waals surface area contributed by atoms with Crippen LogP contribution in [-0.4, -0.2) is 12.2 Å². The average Bonchev–Trinajstić information content (AvgIpc) is 3.28. The summed E-state index contributed by atoms with van der Waals surface area (Å²) in [5.41, 5.74) is 2.31. The highest BCUT2D eigenvalue weighted by Crippen LogP contribution is 2.53. The third-order valence-electron chi connectivity index (χ3n) is 3.93.